The molecular weight excluding hydrogens is 438 g/mol. The average Bonchev–Trinajstić information content (AvgIpc) is 3.22. The minimum absolute atomic E-state index is 0.0419. The number of nitrogens with two attached hydrogens (primary N) is 1. The van der Waals surface area contributed by atoms with Crippen LogP contribution in [0.5, 0.6) is 0 Å². The zero-order valence-corrected chi connectivity index (χ0v) is 23.4. The standard InChI is InChI=1S/C22H41N5O3Si2/c1-21(2,3)31(7,8)28-13-18-17(30-32(9,10)22(4,5)6)11-16(29-18)15-12-26-27-19(15)24-14-25-20(27)23/h12,14,16-18H,11,13H2,1-10H3,(H2,23,24,25). The molecule has 0 bridgehead atoms. The van der Waals surface area contributed by atoms with Crippen LogP contribution >= 0.6 is 0 Å². The molecule has 10 heteroatoms. The topological polar surface area (TPSA) is 96.8 Å². The van der Waals surface area contributed by atoms with E-state index in [-0.39, 0.29) is 28.4 Å². The molecule has 0 saturated carbocycles. The third-order valence-corrected chi connectivity index (χ3v) is 16.6. The van der Waals surface area contributed by atoms with Crippen LogP contribution in [0.15, 0.2) is 12.5 Å². The third-order valence-electron chi connectivity index (χ3n) is 7.57. The van der Waals surface area contributed by atoms with Crippen LogP contribution in [0.25, 0.3) is 5.65 Å². The van der Waals surface area contributed by atoms with Crippen molar-refractivity contribution >= 4 is 28.2 Å². The zero-order chi connectivity index (χ0) is 24.1. The van der Waals surface area contributed by atoms with Gasteiger partial charge in [-0.2, -0.15) is 9.61 Å². The van der Waals surface area contributed by atoms with Crippen molar-refractivity contribution in [2.24, 2.45) is 0 Å². The molecule has 2 aromatic heterocycles. The van der Waals surface area contributed by atoms with Crippen LogP contribution in [0, 0.1) is 0 Å². The number of hydrogen-bond donors (Lipinski definition) is 1. The fraction of sp³-hybridized carbons (Fsp3) is 0.773. The van der Waals surface area contributed by atoms with Crippen LogP contribution in [0.2, 0.25) is 36.3 Å². The Labute approximate surface area is 194 Å². The highest BCUT2D eigenvalue weighted by Gasteiger charge is 2.47. The first-order valence-electron chi connectivity index (χ1n) is 11.4. The van der Waals surface area contributed by atoms with Gasteiger partial charge in [-0.25, -0.2) is 9.97 Å². The Morgan fingerprint density at radius 2 is 1.69 bits per heavy atom. The van der Waals surface area contributed by atoms with E-state index in [1.54, 1.807) is 10.7 Å². The number of ether oxygens (including phenoxy) is 1. The van der Waals surface area contributed by atoms with Gasteiger partial charge in [-0.3, -0.25) is 0 Å². The first-order chi connectivity index (χ1) is 14.5. The quantitative estimate of drug-likeness (QED) is 0.585. The molecular formula is C22H41N5O3Si2. The smallest absolute Gasteiger partial charge is 0.224 e. The van der Waals surface area contributed by atoms with E-state index in [9.17, 15) is 0 Å². The molecule has 0 amide bonds. The van der Waals surface area contributed by atoms with Gasteiger partial charge < -0.3 is 19.3 Å². The van der Waals surface area contributed by atoms with E-state index >= 15 is 0 Å². The highest BCUT2D eigenvalue weighted by molar-refractivity contribution is 6.74. The van der Waals surface area contributed by atoms with Crippen LogP contribution < -0.4 is 5.73 Å². The van der Waals surface area contributed by atoms with Gasteiger partial charge in [0.05, 0.1) is 25.0 Å². The maximum Gasteiger partial charge on any atom is 0.224 e. The van der Waals surface area contributed by atoms with Crippen molar-refractivity contribution in [1.82, 2.24) is 19.6 Å². The van der Waals surface area contributed by atoms with Crippen molar-refractivity contribution < 1.29 is 13.6 Å². The second kappa shape index (κ2) is 8.46. The first kappa shape index (κ1) is 25.3. The monoisotopic (exact) mass is 479 g/mol. The summed E-state index contributed by atoms with van der Waals surface area (Å²) >= 11 is 0. The summed E-state index contributed by atoms with van der Waals surface area (Å²) < 4.78 is 21.5. The van der Waals surface area contributed by atoms with Gasteiger partial charge in [0.2, 0.25) is 5.95 Å². The minimum Gasteiger partial charge on any atom is -0.414 e. The van der Waals surface area contributed by atoms with Crippen LogP contribution in [0.1, 0.15) is 59.6 Å². The van der Waals surface area contributed by atoms with Crippen molar-refractivity contribution in [3.63, 3.8) is 0 Å². The van der Waals surface area contributed by atoms with E-state index in [0.29, 0.717) is 18.2 Å². The highest BCUT2D eigenvalue weighted by Crippen LogP contribution is 2.44. The van der Waals surface area contributed by atoms with Gasteiger partial charge in [0, 0.05) is 12.0 Å². The van der Waals surface area contributed by atoms with E-state index in [1.807, 2.05) is 0 Å². The van der Waals surface area contributed by atoms with Gasteiger partial charge in [0.25, 0.3) is 0 Å². The van der Waals surface area contributed by atoms with Crippen molar-refractivity contribution in [3.8, 4) is 0 Å². The maximum atomic E-state index is 6.86. The molecule has 2 aromatic rings. The summed E-state index contributed by atoms with van der Waals surface area (Å²) in [6.07, 6.45) is 3.63. The fourth-order valence-electron chi connectivity index (χ4n) is 3.33. The number of nitrogens with zero attached hydrogens (tertiary/aromatic N) is 4. The van der Waals surface area contributed by atoms with Crippen molar-refractivity contribution in [2.75, 3.05) is 12.3 Å². The van der Waals surface area contributed by atoms with E-state index in [4.69, 9.17) is 19.3 Å². The molecule has 3 atom stereocenters. The van der Waals surface area contributed by atoms with Gasteiger partial charge in [0.15, 0.2) is 22.3 Å². The number of nitrogen functional groups attached to an aromatic ring is 1. The van der Waals surface area contributed by atoms with Gasteiger partial charge in [0.1, 0.15) is 12.4 Å². The summed E-state index contributed by atoms with van der Waals surface area (Å²) in [5.74, 6) is 0.311. The number of aromatic nitrogens is 4. The second-order valence-electron chi connectivity index (χ2n) is 12.0. The van der Waals surface area contributed by atoms with Crippen LogP contribution in [0.3, 0.4) is 0 Å². The molecule has 3 heterocycles. The van der Waals surface area contributed by atoms with Crippen molar-refractivity contribution in [1.29, 1.82) is 0 Å². The van der Waals surface area contributed by atoms with Gasteiger partial charge in [-0.1, -0.05) is 41.5 Å². The average molecular weight is 480 g/mol. The maximum absolute atomic E-state index is 6.86. The third kappa shape index (κ3) is 4.94. The zero-order valence-electron chi connectivity index (χ0n) is 21.4. The minimum atomic E-state index is -1.99. The predicted molar refractivity (Wildman–Crippen MR) is 133 cm³/mol. The van der Waals surface area contributed by atoms with Gasteiger partial charge >= 0.3 is 0 Å². The summed E-state index contributed by atoms with van der Waals surface area (Å²) in [5, 5.41) is 4.62. The molecule has 1 aliphatic heterocycles. The molecule has 0 aromatic carbocycles. The molecule has 0 spiro atoms. The first-order valence-corrected chi connectivity index (χ1v) is 17.3. The SMILES string of the molecule is CC(C)(C)[Si](C)(C)OCC1OC(c2cnn3c(N)ncnc23)CC1O[Si](C)(C)C(C)(C)C. The number of hydrogen-bond acceptors (Lipinski definition) is 7. The van der Waals surface area contributed by atoms with E-state index in [0.717, 1.165) is 12.0 Å². The lowest BCUT2D eigenvalue weighted by molar-refractivity contribution is -0.0161. The predicted octanol–water partition coefficient (Wildman–Crippen LogP) is 4.95. The lowest BCUT2D eigenvalue weighted by atomic mass is 10.1. The highest BCUT2D eigenvalue weighted by atomic mass is 28.4. The molecule has 8 nitrogen and oxygen atoms in total. The Kier molecular flexibility index (Phi) is 6.69. The Morgan fingerprint density at radius 3 is 2.28 bits per heavy atom. The van der Waals surface area contributed by atoms with Crippen molar-refractivity contribution in [2.45, 2.75) is 103 Å². The molecule has 32 heavy (non-hydrogen) atoms. The van der Waals surface area contributed by atoms with Crippen LogP contribution in [-0.4, -0.2) is 55.0 Å². The van der Waals surface area contributed by atoms with Crippen molar-refractivity contribution in [3.05, 3.63) is 18.1 Å². The fourth-order valence-corrected chi connectivity index (χ4v) is 5.70. The summed E-state index contributed by atoms with van der Waals surface area (Å²) in [4.78, 5) is 8.42. The molecule has 2 N–H and O–H groups in total. The van der Waals surface area contributed by atoms with Gasteiger partial charge in [-0.05, 0) is 36.3 Å². The number of anilines is 1. The van der Waals surface area contributed by atoms with Gasteiger partial charge in [-0.15, -0.1) is 0 Å². The molecule has 0 aliphatic carbocycles. The lowest BCUT2D eigenvalue weighted by Crippen LogP contribution is -2.48. The number of fused-ring (bicyclic) bond motifs is 1. The Morgan fingerprint density at radius 1 is 1.06 bits per heavy atom. The summed E-state index contributed by atoms with van der Waals surface area (Å²) in [7, 11) is -3.91. The lowest BCUT2D eigenvalue weighted by Gasteiger charge is -2.40. The summed E-state index contributed by atoms with van der Waals surface area (Å²) in [6, 6.07) is 0. The molecule has 1 aliphatic rings. The molecule has 3 rings (SSSR count). The number of rotatable bonds is 6. The van der Waals surface area contributed by atoms with Crippen LogP contribution in [-0.2, 0) is 13.6 Å². The van der Waals surface area contributed by atoms with E-state index in [1.165, 1.54) is 6.33 Å². The second-order valence-corrected chi connectivity index (χ2v) is 21.5. The largest absolute Gasteiger partial charge is 0.414 e. The van der Waals surface area contributed by atoms with E-state index < -0.39 is 16.6 Å². The molecule has 180 valence electrons. The van der Waals surface area contributed by atoms with E-state index in [2.05, 4.69) is 82.8 Å². The Balaban J connectivity index is 1.87. The van der Waals surface area contributed by atoms with Crippen LogP contribution in [0.4, 0.5) is 5.95 Å². The Hall–Kier alpha value is -1.34. The molecule has 1 fully saturated rings. The molecule has 3 unspecified atom stereocenters. The molecule has 1 saturated heterocycles. The molecule has 0 radical (unpaired) electrons. The summed E-state index contributed by atoms with van der Waals surface area (Å²) in [6.45, 7) is 23.2. The normalized spacial score (nSPS) is 23.2. The summed E-state index contributed by atoms with van der Waals surface area (Å²) in [5.41, 5.74) is 7.56. The Bertz CT molecular complexity index is 949.